The summed E-state index contributed by atoms with van der Waals surface area (Å²) in [7, 11) is 0. The molecule has 0 atom stereocenters. The Balaban J connectivity index is 1.45. The lowest BCUT2D eigenvalue weighted by atomic mass is 9.88. The van der Waals surface area contributed by atoms with Crippen LogP contribution in [0.15, 0.2) is 54.7 Å². The van der Waals surface area contributed by atoms with Crippen molar-refractivity contribution in [3.63, 3.8) is 0 Å². The third-order valence-electron chi connectivity index (χ3n) is 7.74. The molecule has 174 valence electrons. The number of fused-ring (bicyclic) bond motifs is 1. The number of aromatic nitrogens is 1. The molecule has 3 nitrogen and oxygen atoms in total. The fourth-order valence-electron chi connectivity index (χ4n) is 5.99. The average molecular weight is 447 g/mol. The van der Waals surface area contributed by atoms with E-state index < -0.39 is 0 Å². The SMILES string of the molecule is O=C(c1cn(CCc2ccc(F)cc2)c2ccccc12)N(C1CCCCC1)C1CCCCC1. The molecule has 1 aromatic heterocycles. The fourth-order valence-corrected chi connectivity index (χ4v) is 5.99. The molecule has 0 saturated heterocycles. The normalized spacial score (nSPS) is 18.0. The smallest absolute Gasteiger partial charge is 0.256 e. The second-order valence-electron chi connectivity index (χ2n) is 9.93. The number of hydrogen-bond donors (Lipinski definition) is 0. The molecule has 0 radical (unpaired) electrons. The van der Waals surface area contributed by atoms with Gasteiger partial charge < -0.3 is 9.47 Å². The van der Waals surface area contributed by atoms with Gasteiger partial charge in [-0.3, -0.25) is 4.79 Å². The summed E-state index contributed by atoms with van der Waals surface area (Å²) in [5, 5.41) is 1.05. The minimum atomic E-state index is -0.205. The Morgan fingerprint density at radius 2 is 1.45 bits per heavy atom. The van der Waals surface area contributed by atoms with E-state index >= 15 is 0 Å². The second-order valence-corrected chi connectivity index (χ2v) is 9.93. The molecule has 1 amide bonds. The summed E-state index contributed by atoms with van der Waals surface area (Å²) in [4.78, 5) is 16.5. The Kier molecular flexibility index (Phi) is 6.80. The maximum Gasteiger partial charge on any atom is 0.256 e. The van der Waals surface area contributed by atoms with Gasteiger partial charge in [0.2, 0.25) is 0 Å². The summed E-state index contributed by atoms with van der Waals surface area (Å²) >= 11 is 0. The van der Waals surface area contributed by atoms with Crippen LogP contribution >= 0.6 is 0 Å². The van der Waals surface area contributed by atoms with E-state index in [1.165, 1.54) is 50.7 Å². The van der Waals surface area contributed by atoms with Gasteiger partial charge in [-0.1, -0.05) is 68.9 Å². The van der Waals surface area contributed by atoms with Crippen molar-refractivity contribution in [1.82, 2.24) is 9.47 Å². The van der Waals surface area contributed by atoms with Gasteiger partial charge in [-0.25, -0.2) is 4.39 Å². The third kappa shape index (κ3) is 4.85. The predicted octanol–water partition coefficient (Wildman–Crippen LogP) is 7.13. The molecule has 2 fully saturated rings. The van der Waals surface area contributed by atoms with Gasteiger partial charge in [0, 0.05) is 35.7 Å². The molecule has 2 aromatic carbocycles. The third-order valence-corrected chi connectivity index (χ3v) is 7.74. The Labute approximate surface area is 196 Å². The summed E-state index contributed by atoms with van der Waals surface area (Å²) in [5.41, 5.74) is 3.06. The van der Waals surface area contributed by atoms with Crippen molar-refractivity contribution in [3.8, 4) is 0 Å². The van der Waals surface area contributed by atoms with Crippen LogP contribution in [0.1, 0.15) is 80.1 Å². The van der Waals surface area contributed by atoms with Crippen molar-refractivity contribution in [2.24, 2.45) is 0 Å². The standard InChI is InChI=1S/C29H35FN2O/c30-23-17-15-22(16-18-23)19-20-31-21-27(26-13-7-8-14-28(26)31)29(33)32(24-9-3-1-4-10-24)25-11-5-2-6-12-25/h7-8,13-18,21,24-25H,1-6,9-12,19-20H2. The van der Waals surface area contributed by atoms with Crippen LogP contribution in [-0.4, -0.2) is 27.5 Å². The van der Waals surface area contributed by atoms with Gasteiger partial charge in [0.15, 0.2) is 0 Å². The molecule has 0 aliphatic heterocycles. The topological polar surface area (TPSA) is 25.2 Å². The van der Waals surface area contributed by atoms with Crippen LogP contribution in [0.2, 0.25) is 0 Å². The van der Waals surface area contributed by atoms with Crippen LogP contribution in [-0.2, 0) is 13.0 Å². The first kappa shape index (κ1) is 22.2. The molecule has 0 N–H and O–H groups in total. The van der Waals surface area contributed by atoms with Crippen LogP contribution in [0.25, 0.3) is 10.9 Å². The number of hydrogen-bond acceptors (Lipinski definition) is 1. The van der Waals surface area contributed by atoms with Crippen molar-refractivity contribution >= 4 is 16.8 Å². The van der Waals surface area contributed by atoms with E-state index in [0.29, 0.717) is 12.1 Å². The zero-order valence-electron chi connectivity index (χ0n) is 19.5. The lowest BCUT2D eigenvalue weighted by Crippen LogP contribution is -2.48. The van der Waals surface area contributed by atoms with Gasteiger partial charge in [0.25, 0.3) is 5.91 Å². The van der Waals surface area contributed by atoms with Crippen LogP contribution in [0, 0.1) is 5.82 Å². The van der Waals surface area contributed by atoms with Gasteiger partial charge >= 0.3 is 0 Å². The number of halogens is 1. The highest BCUT2D eigenvalue weighted by Gasteiger charge is 2.34. The molecular weight excluding hydrogens is 411 g/mol. The largest absolute Gasteiger partial charge is 0.346 e. The first-order valence-corrected chi connectivity index (χ1v) is 12.9. The lowest BCUT2D eigenvalue weighted by molar-refractivity contribution is 0.0450. The number of para-hydroxylation sites is 1. The molecule has 1 heterocycles. The van der Waals surface area contributed by atoms with E-state index in [0.717, 1.165) is 60.7 Å². The molecule has 2 saturated carbocycles. The molecule has 5 rings (SSSR count). The number of nitrogens with zero attached hydrogens (tertiary/aromatic N) is 2. The highest BCUT2D eigenvalue weighted by atomic mass is 19.1. The van der Waals surface area contributed by atoms with Crippen molar-refractivity contribution < 1.29 is 9.18 Å². The lowest BCUT2D eigenvalue weighted by Gasteiger charge is -2.41. The van der Waals surface area contributed by atoms with Gasteiger partial charge in [0.05, 0.1) is 5.56 Å². The van der Waals surface area contributed by atoms with Crippen LogP contribution < -0.4 is 0 Å². The van der Waals surface area contributed by atoms with Gasteiger partial charge in [-0.05, 0) is 55.9 Å². The van der Waals surface area contributed by atoms with Crippen LogP contribution in [0.5, 0.6) is 0 Å². The molecule has 3 aromatic rings. The highest BCUT2D eigenvalue weighted by Crippen LogP contribution is 2.33. The Morgan fingerprint density at radius 3 is 2.09 bits per heavy atom. The van der Waals surface area contributed by atoms with E-state index in [4.69, 9.17) is 0 Å². The highest BCUT2D eigenvalue weighted by molar-refractivity contribution is 6.07. The van der Waals surface area contributed by atoms with Gasteiger partial charge in [-0.15, -0.1) is 0 Å². The molecule has 0 unspecified atom stereocenters. The monoisotopic (exact) mass is 446 g/mol. The summed E-state index contributed by atoms with van der Waals surface area (Å²) in [6.45, 7) is 0.770. The Hall–Kier alpha value is -2.62. The number of carbonyl (C=O) groups excluding carboxylic acids is 1. The van der Waals surface area contributed by atoms with Crippen LogP contribution in [0.3, 0.4) is 0 Å². The molecule has 4 heteroatoms. The number of amides is 1. The molecule has 2 aliphatic carbocycles. The molecule has 2 aliphatic rings. The molecular formula is C29H35FN2O. The van der Waals surface area contributed by atoms with Crippen molar-refractivity contribution in [1.29, 1.82) is 0 Å². The number of aryl methyl sites for hydroxylation is 2. The number of benzene rings is 2. The Bertz CT molecular complexity index is 1060. The molecule has 0 bridgehead atoms. The van der Waals surface area contributed by atoms with Gasteiger partial charge in [-0.2, -0.15) is 0 Å². The van der Waals surface area contributed by atoms with Crippen molar-refractivity contribution in [2.75, 3.05) is 0 Å². The summed E-state index contributed by atoms with van der Waals surface area (Å²) < 4.78 is 15.5. The van der Waals surface area contributed by atoms with E-state index in [2.05, 4.69) is 27.8 Å². The Morgan fingerprint density at radius 1 is 0.848 bits per heavy atom. The zero-order chi connectivity index (χ0) is 22.6. The summed E-state index contributed by atoms with van der Waals surface area (Å²) in [5.74, 6) is 0.0223. The molecule has 0 spiro atoms. The maximum atomic E-state index is 14.2. The maximum absolute atomic E-state index is 14.2. The minimum absolute atomic E-state index is 0.205. The van der Waals surface area contributed by atoms with E-state index in [9.17, 15) is 9.18 Å². The first-order chi connectivity index (χ1) is 16.2. The summed E-state index contributed by atoms with van der Waals surface area (Å²) in [6, 6.07) is 15.8. The average Bonchev–Trinajstić information content (AvgIpc) is 3.24. The second kappa shape index (κ2) is 10.1. The molecule has 33 heavy (non-hydrogen) atoms. The van der Waals surface area contributed by atoms with E-state index in [1.807, 2.05) is 24.3 Å². The van der Waals surface area contributed by atoms with E-state index in [1.54, 1.807) is 0 Å². The van der Waals surface area contributed by atoms with Crippen LogP contribution in [0.4, 0.5) is 4.39 Å². The fraction of sp³-hybridized carbons (Fsp3) is 0.483. The first-order valence-electron chi connectivity index (χ1n) is 12.9. The summed E-state index contributed by atoms with van der Waals surface area (Å²) in [6.07, 6.45) is 15.0. The minimum Gasteiger partial charge on any atom is -0.346 e. The van der Waals surface area contributed by atoms with E-state index in [-0.39, 0.29) is 11.7 Å². The number of carbonyl (C=O) groups is 1. The zero-order valence-corrected chi connectivity index (χ0v) is 19.5. The number of rotatable bonds is 6. The van der Waals surface area contributed by atoms with Crippen molar-refractivity contribution in [3.05, 3.63) is 71.7 Å². The quantitative estimate of drug-likeness (QED) is 0.395. The van der Waals surface area contributed by atoms with Crippen molar-refractivity contribution in [2.45, 2.75) is 89.3 Å². The predicted molar refractivity (Wildman–Crippen MR) is 132 cm³/mol. The van der Waals surface area contributed by atoms with Gasteiger partial charge in [0.1, 0.15) is 5.82 Å².